The lowest BCUT2D eigenvalue weighted by molar-refractivity contribution is -0.0120. The van der Waals surface area contributed by atoms with Crippen molar-refractivity contribution in [3.05, 3.63) is 47.2 Å². The number of aryl methyl sites for hydroxylation is 1. The van der Waals surface area contributed by atoms with E-state index in [-0.39, 0.29) is 18.6 Å². The molecule has 150 valence electrons. The first kappa shape index (κ1) is 18.2. The molecular formula is C23H26N4O2. The van der Waals surface area contributed by atoms with E-state index in [1.807, 2.05) is 18.2 Å². The third-order valence-electron chi connectivity index (χ3n) is 7.16. The fourth-order valence-corrected chi connectivity index (χ4v) is 6.04. The molecule has 0 unspecified atom stereocenters. The monoisotopic (exact) mass is 390 g/mol. The van der Waals surface area contributed by atoms with Crippen LogP contribution in [0.3, 0.4) is 0 Å². The molecule has 4 aliphatic carbocycles. The SMILES string of the molecule is Cn1ncc(C(=O)NC2C3CC4CC(C3)CC2C4)c1OCc1ccccc1C#N. The topological polar surface area (TPSA) is 79.9 Å². The van der Waals surface area contributed by atoms with E-state index in [0.29, 0.717) is 28.8 Å². The van der Waals surface area contributed by atoms with Gasteiger partial charge in [-0.25, -0.2) is 4.68 Å². The summed E-state index contributed by atoms with van der Waals surface area (Å²) in [5.41, 5.74) is 1.84. The molecule has 29 heavy (non-hydrogen) atoms. The van der Waals surface area contributed by atoms with Gasteiger partial charge < -0.3 is 10.1 Å². The normalized spacial score (nSPS) is 29.4. The standard InChI is InChI=1S/C23H26N4O2/c1-27-23(29-13-17-5-3-2-4-16(17)11-24)20(12-25-27)22(28)26-21-18-7-14-6-15(9-18)10-19(21)8-14/h2-5,12,14-15,18-19,21H,6-10,13H2,1H3,(H,26,28). The van der Waals surface area contributed by atoms with Crippen LogP contribution in [-0.4, -0.2) is 21.7 Å². The van der Waals surface area contributed by atoms with E-state index in [9.17, 15) is 10.1 Å². The van der Waals surface area contributed by atoms with Crippen LogP contribution in [0, 0.1) is 35.0 Å². The van der Waals surface area contributed by atoms with Gasteiger partial charge >= 0.3 is 0 Å². The van der Waals surface area contributed by atoms with Gasteiger partial charge in [-0.15, -0.1) is 0 Å². The average molecular weight is 390 g/mol. The van der Waals surface area contributed by atoms with Crippen LogP contribution >= 0.6 is 0 Å². The Balaban J connectivity index is 1.31. The number of benzene rings is 1. The summed E-state index contributed by atoms with van der Waals surface area (Å²) in [7, 11) is 1.77. The summed E-state index contributed by atoms with van der Waals surface area (Å²) in [6.45, 7) is 0.224. The van der Waals surface area contributed by atoms with Crippen LogP contribution in [0.5, 0.6) is 5.88 Å². The van der Waals surface area contributed by atoms with Gasteiger partial charge in [-0.3, -0.25) is 4.79 Å². The molecule has 4 saturated carbocycles. The van der Waals surface area contributed by atoms with E-state index in [4.69, 9.17) is 4.74 Å². The molecule has 0 spiro atoms. The highest BCUT2D eigenvalue weighted by molar-refractivity contribution is 5.96. The molecule has 4 bridgehead atoms. The maximum atomic E-state index is 13.1. The minimum absolute atomic E-state index is 0.0980. The molecule has 6 nitrogen and oxygen atoms in total. The lowest BCUT2D eigenvalue weighted by Gasteiger charge is -2.54. The van der Waals surface area contributed by atoms with Crippen LogP contribution in [0.4, 0.5) is 0 Å². The fourth-order valence-electron chi connectivity index (χ4n) is 6.04. The maximum absolute atomic E-state index is 13.1. The quantitative estimate of drug-likeness (QED) is 0.848. The number of ether oxygens (including phenoxy) is 1. The summed E-state index contributed by atoms with van der Waals surface area (Å²) in [5, 5.41) is 16.8. The highest BCUT2D eigenvalue weighted by Crippen LogP contribution is 2.53. The van der Waals surface area contributed by atoms with Crippen LogP contribution in [-0.2, 0) is 13.7 Å². The summed E-state index contributed by atoms with van der Waals surface area (Å²) in [4.78, 5) is 13.1. The number of carbonyl (C=O) groups excluding carboxylic acids is 1. The number of amides is 1. The molecule has 0 atom stereocenters. The Hall–Kier alpha value is -2.81. The van der Waals surface area contributed by atoms with Crippen LogP contribution in [0.15, 0.2) is 30.5 Å². The van der Waals surface area contributed by atoms with Crippen molar-refractivity contribution >= 4 is 5.91 Å². The molecule has 1 aromatic carbocycles. The van der Waals surface area contributed by atoms with Crippen molar-refractivity contribution in [2.24, 2.45) is 30.7 Å². The molecule has 1 aromatic heterocycles. The lowest BCUT2D eigenvalue weighted by Crippen LogP contribution is -2.55. The minimum atomic E-state index is -0.0980. The summed E-state index contributed by atoms with van der Waals surface area (Å²) >= 11 is 0. The van der Waals surface area contributed by atoms with E-state index < -0.39 is 0 Å². The zero-order valence-corrected chi connectivity index (χ0v) is 16.7. The Morgan fingerprint density at radius 3 is 2.59 bits per heavy atom. The average Bonchev–Trinajstić information content (AvgIpc) is 3.09. The van der Waals surface area contributed by atoms with Gasteiger partial charge in [0.2, 0.25) is 5.88 Å². The van der Waals surface area contributed by atoms with E-state index in [1.165, 1.54) is 32.1 Å². The second-order valence-electron chi connectivity index (χ2n) is 8.97. The van der Waals surface area contributed by atoms with Crippen molar-refractivity contribution in [2.45, 2.75) is 44.8 Å². The zero-order valence-electron chi connectivity index (χ0n) is 16.7. The summed E-state index contributed by atoms with van der Waals surface area (Å²) < 4.78 is 7.54. The zero-order chi connectivity index (χ0) is 20.0. The van der Waals surface area contributed by atoms with Gasteiger partial charge in [0.25, 0.3) is 5.91 Å². The summed E-state index contributed by atoms with van der Waals surface area (Å²) in [6.07, 6.45) is 8.03. The second kappa shape index (κ2) is 7.22. The Bertz CT molecular complexity index is 945. The van der Waals surface area contributed by atoms with Gasteiger partial charge in [0.15, 0.2) is 0 Å². The van der Waals surface area contributed by atoms with Gasteiger partial charge in [0.05, 0.1) is 17.8 Å². The Morgan fingerprint density at radius 1 is 1.21 bits per heavy atom. The number of aromatic nitrogens is 2. The molecule has 4 fully saturated rings. The Labute approximate surface area is 170 Å². The minimum Gasteiger partial charge on any atom is -0.472 e. The number of hydrogen-bond donors (Lipinski definition) is 1. The number of nitrogens with zero attached hydrogens (tertiary/aromatic N) is 3. The molecule has 1 N–H and O–H groups in total. The lowest BCUT2D eigenvalue weighted by atomic mass is 9.54. The molecule has 0 aliphatic heterocycles. The van der Waals surface area contributed by atoms with E-state index >= 15 is 0 Å². The van der Waals surface area contributed by atoms with Crippen molar-refractivity contribution in [1.82, 2.24) is 15.1 Å². The highest BCUT2D eigenvalue weighted by Gasteiger charge is 2.48. The predicted octanol–water partition coefficient (Wildman–Crippen LogP) is 3.43. The second-order valence-corrected chi connectivity index (χ2v) is 8.97. The number of carbonyl (C=O) groups is 1. The molecule has 2 aromatic rings. The van der Waals surface area contributed by atoms with Gasteiger partial charge in [0, 0.05) is 18.7 Å². The van der Waals surface area contributed by atoms with Crippen LogP contribution in [0.25, 0.3) is 0 Å². The molecule has 4 aliphatic rings. The predicted molar refractivity (Wildman–Crippen MR) is 107 cm³/mol. The summed E-state index contributed by atoms with van der Waals surface area (Å²) in [6, 6.07) is 9.80. The summed E-state index contributed by atoms with van der Waals surface area (Å²) in [5.74, 6) is 3.35. The molecule has 1 amide bonds. The third-order valence-corrected chi connectivity index (χ3v) is 7.16. The number of rotatable bonds is 5. The van der Waals surface area contributed by atoms with Crippen molar-refractivity contribution in [3.63, 3.8) is 0 Å². The van der Waals surface area contributed by atoms with E-state index in [0.717, 1.165) is 17.4 Å². The van der Waals surface area contributed by atoms with E-state index in [2.05, 4.69) is 16.5 Å². The first-order valence-corrected chi connectivity index (χ1v) is 10.6. The molecule has 0 saturated heterocycles. The molecule has 6 heteroatoms. The molecule has 1 heterocycles. The van der Waals surface area contributed by atoms with Crippen molar-refractivity contribution in [1.29, 1.82) is 5.26 Å². The maximum Gasteiger partial charge on any atom is 0.258 e. The van der Waals surface area contributed by atoms with E-state index in [1.54, 1.807) is 24.0 Å². The molecular weight excluding hydrogens is 364 g/mol. The van der Waals surface area contributed by atoms with Crippen molar-refractivity contribution < 1.29 is 9.53 Å². The Morgan fingerprint density at radius 2 is 1.90 bits per heavy atom. The van der Waals surface area contributed by atoms with Crippen LogP contribution < -0.4 is 10.1 Å². The Kier molecular flexibility index (Phi) is 4.54. The first-order chi connectivity index (χ1) is 14.1. The van der Waals surface area contributed by atoms with Gasteiger partial charge in [-0.05, 0) is 61.8 Å². The fraction of sp³-hybridized carbons (Fsp3) is 0.522. The molecule has 0 radical (unpaired) electrons. The smallest absolute Gasteiger partial charge is 0.258 e. The van der Waals surface area contributed by atoms with Crippen LogP contribution in [0.2, 0.25) is 0 Å². The van der Waals surface area contributed by atoms with Gasteiger partial charge in [-0.2, -0.15) is 10.4 Å². The van der Waals surface area contributed by atoms with Crippen molar-refractivity contribution in [3.8, 4) is 11.9 Å². The third kappa shape index (κ3) is 3.29. The molecule has 6 rings (SSSR count). The van der Waals surface area contributed by atoms with Gasteiger partial charge in [-0.1, -0.05) is 18.2 Å². The van der Waals surface area contributed by atoms with Crippen molar-refractivity contribution in [2.75, 3.05) is 0 Å². The van der Waals surface area contributed by atoms with Gasteiger partial charge in [0.1, 0.15) is 12.2 Å². The number of nitrogens with one attached hydrogen (secondary N) is 1. The number of hydrogen-bond acceptors (Lipinski definition) is 4. The largest absolute Gasteiger partial charge is 0.472 e. The highest BCUT2D eigenvalue weighted by atomic mass is 16.5. The van der Waals surface area contributed by atoms with Crippen LogP contribution in [0.1, 0.15) is 53.6 Å². The first-order valence-electron chi connectivity index (χ1n) is 10.6. The number of nitriles is 1.